The molecule has 0 aromatic carbocycles. The number of aliphatic hydroxyl groups excluding tert-OH is 1. The second-order valence-electron chi connectivity index (χ2n) is 3.73. The Morgan fingerprint density at radius 3 is 2.47 bits per heavy atom. The van der Waals surface area contributed by atoms with Gasteiger partial charge < -0.3 is 19.3 Å². The third-order valence-corrected chi connectivity index (χ3v) is 2.30. The topological polar surface area (TPSA) is 68.2 Å². The molecule has 1 N–H and O–H groups in total. The molecule has 0 saturated carbocycles. The Balaban J connectivity index is 3.98. The zero-order valence-electron chi connectivity index (χ0n) is 10.8. The Labute approximate surface area is 102 Å². The molecule has 17 heavy (non-hydrogen) atoms. The van der Waals surface area contributed by atoms with Crippen molar-refractivity contribution in [3.05, 3.63) is 0 Å². The second kappa shape index (κ2) is 10.5. The summed E-state index contributed by atoms with van der Waals surface area (Å²) in [5.74, 6) is -0.256. The molecule has 0 saturated heterocycles. The van der Waals surface area contributed by atoms with Gasteiger partial charge >= 0.3 is 5.97 Å². The number of carbonyl (C=O) groups excluding carboxylic acids is 1. The van der Waals surface area contributed by atoms with Crippen LogP contribution in [-0.2, 0) is 19.0 Å². The van der Waals surface area contributed by atoms with Gasteiger partial charge in [0.05, 0.1) is 32.8 Å². The lowest BCUT2D eigenvalue weighted by atomic mass is 10.3. The molecular weight excluding hydrogens is 226 g/mol. The number of rotatable bonds is 10. The van der Waals surface area contributed by atoms with Crippen LogP contribution < -0.4 is 0 Å². The first-order valence-electron chi connectivity index (χ1n) is 5.59. The molecule has 6 nitrogen and oxygen atoms in total. The van der Waals surface area contributed by atoms with E-state index in [0.717, 1.165) is 0 Å². The van der Waals surface area contributed by atoms with Crippen molar-refractivity contribution < 1.29 is 24.1 Å². The van der Waals surface area contributed by atoms with Crippen molar-refractivity contribution in [1.82, 2.24) is 4.90 Å². The van der Waals surface area contributed by atoms with Crippen LogP contribution in [0.25, 0.3) is 0 Å². The first kappa shape index (κ1) is 16.3. The van der Waals surface area contributed by atoms with E-state index in [-0.39, 0.29) is 12.6 Å². The summed E-state index contributed by atoms with van der Waals surface area (Å²) >= 11 is 0. The van der Waals surface area contributed by atoms with Crippen molar-refractivity contribution in [2.45, 2.75) is 12.5 Å². The van der Waals surface area contributed by atoms with E-state index in [2.05, 4.69) is 4.74 Å². The number of hydrogen-bond acceptors (Lipinski definition) is 6. The molecule has 0 heterocycles. The van der Waals surface area contributed by atoms with Crippen LogP contribution in [0.5, 0.6) is 0 Å². The van der Waals surface area contributed by atoms with E-state index in [1.807, 2.05) is 4.90 Å². The van der Waals surface area contributed by atoms with Crippen molar-refractivity contribution in [2.24, 2.45) is 0 Å². The smallest absolute Gasteiger partial charge is 0.306 e. The molecule has 0 radical (unpaired) electrons. The van der Waals surface area contributed by atoms with Crippen LogP contribution in [0.1, 0.15) is 6.42 Å². The summed E-state index contributed by atoms with van der Waals surface area (Å²) in [6, 6.07) is 0. The lowest BCUT2D eigenvalue weighted by Crippen LogP contribution is -2.38. The summed E-state index contributed by atoms with van der Waals surface area (Å²) in [4.78, 5) is 13.0. The molecule has 102 valence electrons. The summed E-state index contributed by atoms with van der Waals surface area (Å²) in [5.41, 5.74) is 0. The molecule has 1 atom stereocenters. The van der Waals surface area contributed by atoms with Gasteiger partial charge in [-0.05, 0) is 0 Å². The van der Waals surface area contributed by atoms with E-state index in [1.54, 1.807) is 7.11 Å². The maximum atomic E-state index is 11.0. The molecule has 0 aliphatic heterocycles. The number of carbonyl (C=O) groups is 1. The average molecular weight is 249 g/mol. The van der Waals surface area contributed by atoms with Gasteiger partial charge in [0.15, 0.2) is 0 Å². The van der Waals surface area contributed by atoms with E-state index in [4.69, 9.17) is 9.47 Å². The van der Waals surface area contributed by atoms with E-state index >= 15 is 0 Å². The normalized spacial score (nSPS) is 12.8. The van der Waals surface area contributed by atoms with Crippen molar-refractivity contribution in [3.63, 3.8) is 0 Å². The van der Waals surface area contributed by atoms with Crippen molar-refractivity contribution in [2.75, 3.05) is 54.2 Å². The molecule has 0 aliphatic rings. The van der Waals surface area contributed by atoms with Gasteiger partial charge in [0, 0.05) is 33.9 Å². The highest BCUT2D eigenvalue weighted by molar-refractivity contribution is 5.69. The van der Waals surface area contributed by atoms with Crippen LogP contribution in [0.15, 0.2) is 0 Å². The van der Waals surface area contributed by atoms with Crippen molar-refractivity contribution in [1.29, 1.82) is 0 Å². The molecule has 0 spiro atoms. The molecule has 0 rings (SSSR count). The maximum Gasteiger partial charge on any atom is 0.306 e. The Morgan fingerprint density at radius 1 is 1.24 bits per heavy atom. The van der Waals surface area contributed by atoms with E-state index in [0.29, 0.717) is 32.7 Å². The molecule has 0 amide bonds. The zero-order chi connectivity index (χ0) is 13.1. The van der Waals surface area contributed by atoms with Gasteiger partial charge in [-0.15, -0.1) is 0 Å². The minimum atomic E-state index is -0.561. The van der Waals surface area contributed by atoms with E-state index in [9.17, 15) is 9.90 Å². The summed E-state index contributed by atoms with van der Waals surface area (Å²) in [6.07, 6.45) is -0.255. The maximum absolute atomic E-state index is 11.0. The lowest BCUT2D eigenvalue weighted by Gasteiger charge is -2.24. The highest BCUT2D eigenvalue weighted by atomic mass is 16.5. The Morgan fingerprint density at radius 2 is 1.94 bits per heavy atom. The van der Waals surface area contributed by atoms with Gasteiger partial charge in [-0.1, -0.05) is 0 Å². The number of hydrogen-bond donors (Lipinski definition) is 1. The quantitative estimate of drug-likeness (QED) is 0.527. The van der Waals surface area contributed by atoms with E-state index in [1.165, 1.54) is 14.2 Å². The molecular formula is C11H23NO5. The summed E-state index contributed by atoms with van der Waals surface area (Å²) in [5, 5.41) is 9.62. The number of aliphatic hydroxyl groups is 1. The SMILES string of the molecule is COCCN(CCC(=O)OC)CC(O)COC. The zero-order valence-corrected chi connectivity index (χ0v) is 10.8. The Kier molecular flexibility index (Phi) is 10.0. The highest BCUT2D eigenvalue weighted by Gasteiger charge is 2.13. The Hall–Kier alpha value is -0.690. The standard InChI is InChI=1S/C11H23NO5/c1-15-7-6-12(5-4-11(14)17-3)8-10(13)9-16-2/h10,13H,4-9H2,1-3H3. The third kappa shape index (κ3) is 9.05. The third-order valence-electron chi connectivity index (χ3n) is 2.30. The molecule has 0 fully saturated rings. The minimum absolute atomic E-state index is 0.256. The van der Waals surface area contributed by atoms with Crippen molar-refractivity contribution in [3.8, 4) is 0 Å². The Bertz CT molecular complexity index is 200. The summed E-state index contributed by atoms with van der Waals surface area (Å²) < 4.78 is 14.4. The fourth-order valence-corrected chi connectivity index (χ4v) is 1.41. The van der Waals surface area contributed by atoms with Crippen LogP contribution in [0.3, 0.4) is 0 Å². The predicted octanol–water partition coefficient (Wildman–Crippen LogP) is -0.495. The largest absolute Gasteiger partial charge is 0.469 e. The molecule has 1 unspecified atom stereocenters. The van der Waals surface area contributed by atoms with Crippen molar-refractivity contribution >= 4 is 5.97 Å². The van der Waals surface area contributed by atoms with Crippen LogP contribution in [-0.4, -0.2) is 76.3 Å². The molecule has 0 aromatic rings. The van der Waals surface area contributed by atoms with Crippen LogP contribution in [0.2, 0.25) is 0 Å². The van der Waals surface area contributed by atoms with Gasteiger partial charge in [0.25, 0.3) is 0 Å². The summed E-state index contributed by atoms with van der Waals surface area (Å²) in [7, 11) is 4.52. The molecule has 0 aliphatic carbocycles. The average Bonchev–Trinajstić information content (AvgIpc) is 2.32. The second-order valence-corrected chi connectivity index (χ2v) is 3.73. The van der Waals surface area contributed by atoms with Gasteiger partial charge in [-0.3, -0.25) is 9.69 Å². The molecule has 0 bridgehead atoms. The van der Waals surface area contributed by atoms with Gasteiger partial charge in [0.2, 0.25) is 0 Å². The monoisotopic (exact) mass is 249 g/mol. The number of nitrogens with zero attached hydrogens (tertiary/aromatic N) is 1. The summed E-state index contributed by atoms with van der Waals surface area (Å²) in [6.45, 7) is 2.49. The lowest BCUT2D eigenvalue weighted by molar-refractivity contribution is -0.141. The van der Waals surface area contributed by atoms with E-state index < -0.39 is 6.10 Å². The van der Waals surface area contributed by atoms with Crippen LogP contribution in [0.4, 0.5) is 0 Å². The molecule has 0 aromatic heterocycles. The predicted molar refractivity (Wildman–Crippen MR) is 62.8 cm³/mol. The minimum Gasteiger partial charge on any atom is -0.469 e. The highest BCUT2D eigenvalue weighted by Crippen LogP contribution is 1.97. The number of methoxy groups -OCH3 is 3. The van der Waals surface area contributed by atoms with Crippen LogP contribution >= 0.6 is 0 Å². The van der Waals surface area contributed by atoms with Crippen LogP contribution in [0, 0.1) is 0 Å². The first-order valence-corrected chi connectivity index (χ1v) is 5.59. The number of ether oxygens (including phenoxy) is 3. The van der Waals surface area contributed by atoms with Gasteiger partial charge in [-0.2, -0.15) is 0 Å². The number of esters is 1. The molecule has 6 heteroatoms. The first-order chi connectivity index (χ1) is 8.13. The fraction of sp³-hybridized carbons (Fsp3) is 0.909. The van der Waals surface area contributed by atoms with Gasteiger partial charge in [-0.25, -0.2) is 0 Å². The fourth-order valence-electron chi connectivity index (χ4n) is 1.41. The van der Waals surface area contributed by atoms with Gasteiger partial charge in [0.1, 0.15) is 0 Å².